The quantitative estimate of drug-likeness (QED) is 0.644. The zero-order chi connectivity index (χ0) is 21.6. The minimum atomic E-state index is -1.07. The molecule has 0 saturated carbocycles. The van der Waals surface area contributed by atoms with Gasteiger partial charge in [0, 0.05) is 12.1 Å². The molecule has 1 aliphatic rings. The van der Waals surface area contributed by atoms with Crippen LogP contribution in [0.3, 0.4) is 0 Å². The molecule has 9 heteroatoms. The van der Waals surface area contributed by atoms with Gasteiger partial charge >= 0.3 is 5.97 Å². The Morgan fingerprint density at radius 2 is 1.97 bits per heavy atom. The van der Waals surface area contributed by atoms with Gasteiger partial charge in [0.25, 0.3) is 5.91 Å². The van der Waals surface area contributed by atoms with Crippen molar-refractivity contribution in [3.63, 3.8) is 0 Å². The van der Waals surface area contributed by atoms with E-state index < -0.39 is 29.6 Å². The Labute approximate surface area is 175 Å². The maximum Gasteiger partial charge on any atom is 0.335 e. The highest BCUT2D eigenvalue weighted by atomic mass is 32.1. The van der Waals surface area contributed by atoms with Crippen molar-refractivity contribution in [2.45, 2.75) is 19.9 Å². The Balaban J connectivity index is 1.88. The first-order valence-corrected chi connectivity index (χ1v) is 9.97. The van der Waals surface area contributed by atoms with Crippen LogP contribution < -0.4 is 4.90 Å². The van der Waals surface area contributed by atoms with Crippen molar-refractivity contribution in [2.24, 2.45) is 5.92 Å². The number of ketones is 1. The second-order valence-corrected chi connectivity index (χ2v) is 8.11. The Hall–Kier alpha value is -3.59. The predicted molar refractivity (Wildman–Crippen MR) is 111 cm³/mol. The SMILES string of the molecule is CC(C)C(=O)C1=C(O)C(=O)N(c2nc3ccc(C(=O)O)cc3s2)C1c1ccccn1. The number of amides is 1. The summed E-state index contributed by atoms with van der Waals surface area (Å²) < 4.78 is 0.570. The minimum absolute atomic E-state index is 0.0146. The number of benzene rings is 1. The first-order chi connectivity index (χ1) is 14.3. The van der Waals surface area contributed by atoms with Gasteiger partial charge in [-0.1, -0.05) is 31.3 Å². The van der Waals surface area contributed by atoms with Gasteiger partial charge < -0.3 is 10.2 Å². The molecule has 1 aromatic carbocycles. The molecule has 0 saturated heterocycles. The Morgan fingerprint density at radius 1 is 1.20 bits per heavy atom. The normalized spacial score (nSPS) is 16.7. The third-order valence-corrected chi connectivity index (χ3v) is 5.81. The fraction of sp³-hybridized carbons (Fsp3) is 0.190. The molecule has 0 spiro atoms. The summed E-state index contributed by atoms with van der Waals surface area (Å²) in [7, 11) is 0. The van der Waals surface area contributed by atoms with E-state index >= 15 is 0 Å². The van der Waals surface area contributed by atoms with Crippen molar-refractivity contribution in [1.29, 1.82) is 0 Å². The fourth-order valence-electron chi connectivity index (χ4n) is 3.33. The number of aromatic carboxylic acids is 1. The number of carboxylic acids is 1. The number of carbonyl (C=O) groups is 3. The van der Waals surface area contributed by atoms with Gasteiger partial charge in [-0.3, -0.25) is 19.5 Å². The molecule has 1 unspecified atom stereocenters. The number of anilines is 1. The number of pyridine rings is 1. The molecular formula is C21H17N3O5S. The van der Waals surface area contributed by atoms with Crippen molar-refractivity contribution in [2.75, 3.05) is 4.90 Å². The number of aromatic nitrogens is 2. The van der Waals surface area contributed by atoms with Crippen molar-refractivity contribution >= 4 is 44.3 Å². The number of aliphatic hydroxyl groups is 1. The van der Waals surface area contributed by atoms with Gasteiger partial charge in [0.15, 0.2) is 16.7 Å². The second kappa shape index (κ2) is 7.34. The number of carbonyl (C=O) groups excluding carboxylic acids is 2. The summed E-state index contributed by atoms with van der Waals surface area (Å²) in [5.74, 6) is -3.22. The fourth-order valence-corrected chi connectivity index (χ4v) is 4.36. The number of hydrogen-bond donors (Lipinski definition) is 2. The largest absolute Gasteiger partial charge is 0.503 e. The molecule has 0 fully saturated rings. The van der Waals surface area contributed by atoms with Crippen LogP contribution in [0.4, 0.5) is 5.13 Å². The lowest BCUT2D eigenvalue weighted by Crippen LogP contribution is -2.31. The van der Waals surface area contributed by atoms with Gasteiger partial charge in [-0.2, -0.15) is 0 Å². The molecule has 3 heterocycles. The smallest absolute Gasteiger partial charge is 0.335 e. The van der Waals surface area contributed by atoms with E-state index in [0.29, 0.717) is 15.9 Å². The van der Waals surface area contributed by atoms with Crippen LogP contribution in [-0.4, -0.2) is 37.8 Å². The summed E-state index contributed by atoms with van der Waals surface area (Å²) in [6.45, 7) is 3.38. The standard InChI is InChI=1S/C21H17N3O5S/c1-10(2)17(25)15-16(13-5-3-4-8-22-13)24(19(27)18(15)26)21-23-12-7-6-11(20(28)29)9-14(12)30-21/h3-10,16,26H,1-2H3,(H,28,29). The Morgan fingerprint density at radius 3 is 2.60 bits per heavy atom. The number of hydrogen-bond acceptors (Lipinski definition) is 7. The number of nitrogens with zero attached hydrogens (tertiary/aromatic N) is 3. The molecule has 2 N–H and O–H groups in total. The Kier molecular flexibility index (Phi) is 4.83. The number of aliphatic hydroxyl groups excluding tert-OH is 1. The number of fused-ring (bicyclic) bond motifs is 1. The van der Waals surface area contributed by atoms with E-state index in [1.165, 1.54) is 17.0 Å². The van der Waals surface area contributed by atoms with Crippen LogP contribution in [0.2, 0.25) is 0 Å². The molecule has 8 nitrogen and oxygen atoms in total. The topological polar surface area (TPSA) is 121 Å². The first-order valence-electron chi connectivity index (χ1n) is 9.15. The summed E-state index contributed by atoms with van der Waals surface area (Å²) in [4.78, 5) is 47.1. The third kappa shape index (κ3) is 3.13. The second-order valence-electron chi connectivity index (χ2n) is 7.10. The number of thiazole rings is 1. The predicted octanol–water partition coefficient (Wildman–Crippen LogP) is 3.51. The lowest BCUT2D eigenvalue weighted by Gasteiger charge is -2.24. The highest BCUT2D eigenvalue weighted by molar-refractivity contribution is 7.22. The van der Waals surface area contributed by atoms with Crippen molar-refractivity contribution in [3.05, 3.63) is 65.2 Å². The average molecular weight is 423 g/mol. The molecule has 1 atom stereocenters. The molecule has 2 aromatic heterocycles. The summed E-state index contributed by atoms with van der Waals surface area (Å²) >= 11 is 1.11. The van der Waals surface area contributed by atoms with E-state index in [2.05, 4.69) is 9.97 Å². The summed E-state index contributed by atoms with van der Waals surface area (Å²) in [5, 5.41) is 20.0. The molecule has 152 valence electrons. The van der Waals surface area contributed by atoms with E-state index in [9.17, 15) is 24.6 Å². The van der Waals surface area contributed by atoms with Crippen molar-refractivity contribution in [3.8, 4) is 0 Å². The molecule has 1 amide bonds. The van der Waals surface area contributed by atoms with Gasteiger partial charge in [-0.15, -0.1) is 0 Å². The van der Waals surface area contributed by atoms with Crippen LogP contribution in [0.5, 0.6) is 0 Å². The van der Waals surface area contributed by atoms with E-state index in [-0.39, 0.29) is 22.1 Å². The zero-order valence-corrected chi connectivity index (χ0v) is 16.9. The monoisotopic (exact) mass is 423 g/mol. The highest BCUT2D eigenvalue weighted by Gasteiger charge is 2.46. The molecule has 3 aromatic rings. The molecule has 1 aliphatic heterocycles. The lowest BCUT2D eigenvalue weighted by molar-refractivity contribution is -0.119. The lowest BCUT2D eigenvalue weighted by atomic mass is 9.94. The number of Topliss-reactive ketones (excluding diaryl/α,β-unsaturated/α-hetero) is 1. The number of rotatable bonds is 5. The molecular weight excluding hydrogens is 406 g/mol. The Bertz CT molecular complexity index is 1220. The van der Waals surface area contributed by atoms with Crippen LogP contribution in [0.15, 0.2) is 53.9 Å². The summed E-state index contributed by atoms with van der Waals surface area (Å²) in [5.41, 5.74) is 1.02. The van der Waals surface area contributed by atoms with Gasteiger partial charge in [0.05, 0.1) is 27.0 Å². The molecule has 0 bridgehead atoms. The molecule has 30 heavy (non-hydrogen) atoms. The molecule has 0 aliphatic carbocycles. The van der Waals surface area contributed by atoms with Gasteiger partial charge in [0.2, 0.25) is 0 Å². The number of carboxylic acid groups (broad SMARTS) is 1. The first kappa shape index (κ1) is 19.7. The minimum Gasteiger partial charge on any atom is -0.503 e. The van der Waals surface area contributed by atoms with Crippen LogP contribution in [0.1, 0.15) is 35.9 Å². The van der Waals surface area contributed by atoms with Crippen LogP contribution in [-0.2, 0) is 9.59 Å². The van der Waals surface area contributed by atoms with Crippen LogP contribution in [0, 0.1) is 5.92 Å². The maximum atomic E-state index is 13.0. The maximum absolute atomic E-state index is 13.0. The van der Waals surface area contributed by atoms with E-state index in [1.807, 2.05) is 0 Å². The van der Waals surface area contributed by atoms with E-state index in [4.69, 9.17) is 0 Å². The average Bonchev–Trinajstić information content (AvgIpc) is 3.26. The summed E-state index contributed by atoms with van der Waals surface area (Å²) in [6, 6.07) is 8.66. The van der Waals surface area contributed by atoms with Crippen LogP contribution >= 0.6 is 11.3 Å². The van der Waals surface area contributed by atoms with Gasteiger partial charge in [-0.05, 0) is 30.3 Å². The highest BCUT2D eigenvalue weighted by Crippen LogP contribution is 2.43. The molecule has 0 radical (unpaired) electrons. The third-order valence-electron chi connectivity index (χ3n) is 4.80. The zero-order valence-electron chi connectivity index (χ0n) is 16.1. The van der Waals surface area contributed by atoms with Crippen molar-refractivity contribution < 1.29 is 24.6 Å². The van der Waals surface area contributed by atoms with Crippen LogP contribution in [0.25, 0.3) is 10.2 Å². The van der Waals surface area contributed by atoms with Gasteiger partial charge in [-0.25, -0.2) is 9.78 Å². The van der Waals surface area contributed by atoms with Gasteiger partial charge in [0.1, 0.15) is 6.04 Å². The van der Waals surface area contributed by atoms with Crippen molar-refractivity contribution in [1.82, 2.24) is 9.97 Å². The van der Waals surface area contributed by atoms with E-state index in [0.717, 1.165) is 11.3 Å². The summed E-state index contributed by atoms with van der Waals surface area (Å²) in [6.07, 6.45) is 1.54. The molecule has 4 rings (SSSR count). The van der Waals surface area contributed by atoms with E-state index in [1.54, 1.807) is 44.3 Å².